The maximum Gasteiger partial charge on any atom is 0.243 e. The Balaban J connectivity index is 2.08. The topological polar surface area (TPSA) is 103 Å². The lowest BCUT2D eigenvalue weighted by molar-refractivity contribution is -0.677. The number of sulfone groups is 1. The normalized spacial score (nSPS) is 32.7. The Hall–Kier alpha value is -1.90. The van der Waals surface area contributed by atoms with Crippen molar-refractivity contribution < 1.29 is 27.7 Å². The van der Waals surface area contributed by atoms with Gasteiger partial charge in [-0.3, -0.25) is 4.79 Å². The van der Waals surface area contributed by atoms with Crippen LogP contribution < -0.4 is 9.67 Å². The Bertz CT molecular complexity index is 764. The van der Waals surface area contributed by atoms with E-state index in [1.807, 2.05) is 14.0 Å². The molecule has 0 bridgehead atoms. The summed E-state index contributed by atoms with van der Waals surface area (Å²) in [6, 6.07) is -1.46. The first kappa shape index (κ1) is 15.0. The largest absolute Gasteiger partial charge is 0.548 e. The molecule has 2 saturated heterocycles. The van der Waals surface area contributed by atoms with Crippen molar-refractivity contribution in [2.75, 3.05) is 0 Å². The van der Waals surface area contributed by atoms with E-state index in [0.29, 0.717) is 0 Å². The van der Waals surface area contributed by atoms with Crippen molar-refractivity contribution in [2.45, 2.75) is 43.0 Å². The Labute approximate surface area is 127 Å². The van der Waals surface area contributed by atoms with Crippen LogP contribution in [0.25, 0.3) is 0 Å². The average Bonchev–Trinajstić information content (AvgIpc) is 2.75. The number of amides is 1. The summed E-state index contributed by atoms with van der Waals surface area (Å²) in [7, 11) is -1.99. The number of carboxylic acid groups (broad SMARTS) is 1. The number of β-lactam (4-membered cyclic amide) rings is 1. The second-order valence-corrected chi connectivity index (χ2v) is 8.78. The molecule has 2 aliphatic heterocycles. The lowest BCUT2D eigenvalue weighted by Gasteiger charge is -2.38. The zero-order valence-electron chi connectivity index (χ0n) is 12.5. The van der Waals surface area contributed by atoms with Gasteiger partial charge in [0, 0.05) is 6.92 Å². The fourth-order valence-corrected chi connectivity index (χ4v) is 5.77. The standard InChI is InChI=1S/C13H17N3O5S/c1-8-5-15(7-14(8)3)6-13(2)11(12(18)19)16-9(17)4-10(16)22(13,20)21/h5,7,10-11H,4,6H2,1-3H3/t10-,11+,13+/m1/s1. The number of hydrogen-bond acceptors (Lipinski definition) is 5. The number of rotatable bonds is 3. The molecule has 120 valence electrons. The maximum atomic E-state index is 12.7. The van der Waals surface area contributed by atoms with Crippen LogP contribution in [0.4, 0.5) is 0 Å². The van der Waals surface area contributed by atoms with Crippen molar-refractivity contribution in [3.05, 3.63) is 18.2 Å². The molecule has 3 atom stereocenters. The van der Waals surface area contributed by atoms with Gasteiger partial charge in [0.05, 0.1) is 25.5 Å². The summed E-state index contributed by atoms with van der Waals surface area (Å²) < 4.78 is 27.3. The Morgan fingerprint density at radius 1 is 1.55 bits per heavy atom. The molecule has 8 nitrogen and oxygen atoms in total. The maximum absolute atomic E-state index is 12.7. The zero-order valence-corrected chi connectivity index (χ0v) is 13.3. The number of aromatic nitrogens is 2. The van der Waals surface area contributed by atoms with Crippen molar-refractivity contribution in [3.63, 3.8) is 0 Å². The molecule has 0 aliphatic carbocycles. The van der Waals surface area contributed by atoms with Crippen LogP contribution in [0.5, 0.6) is 0 Å². The highest BCUT2D eigenvalue weighted by Gasteiger charge is 2.68. The highest BCUT2D eigenvalue weighted by molar-refractivity contribution is 7.93. The van der Waals surface area contributed by atoms with Crippen LogP contribution in [0.3, 0.4) is 0 Å². The van der Waals surface area contributed by atoms with Gasteiger partial charge < -0.3 is 14.8 Å². The van der Waals surface area contributed by atoms with Crippen molar-refractivity contribution in [3.8, 4) is 0 Å². The van der Waals surface area contributed by atoms with E-state index in [2.05, 4.69) is 0 Å². The number of aliphatic carboxylic acids is 1. The van der Waals surface area contributed by atoms with Crippen molar-refractivity contribution >= 4 is 21.7 Å². The van der Waals surface area contributed by atoms with Gasteiger partial charge in [-0.25, -0.2) is 17.6 Å². The van der Waals surface area contributed by atoms with Gasteiger partial charge in [-0.15, -0.1) is 0 Å². The quantitative estimate of drug-likeness (QED) is 0.450. The van der Waals surface area contributed by atoms with E-state index in [1.165, 1.54) is 6.92 Å². The summed E-state index contributed by atoms with van der Waals surface area (Å²) in [5, 5.41) is 10.5. The molecule has 0 saturated carbocycles. The third kappa shape index (κ3) is 1.68. The van der Waals surface area contributed by atoms with Crippen LogP contribution in [0.15, 0.2) is 12.5 Å². The van der Waals surface area contributed by atoms with E-state index in [4.69, 9.17) is 0 Å². The van der Waals surface area contributed by atoms with E-state index in [-0.39, 0.29) is 13.0 Å². The highest BCUT2D eigenvalue weighted by atomic mass is 32.2. The molecule has 22 heavy (non-hydrogen) atoms. The lowest BCUT2D eigenvalue weighted by atomic mass is 9.96. The van der Waals surface area contributed by atoms with Crippen LogP contribution in [0, 0.1) is 6.92 Å². The Kier molecular flexibility index (Phi) is 2.94. The van der Waals surface area contributed by atoms with E-state index in [1.54, 1.807) is 21.7 Å². The molecule has 0 unspecified atom stereocenters. The van der Waals surface area contributed by atoms with Gasteiger partial charge in [-0.2, -0.15) is 0 Å². The SMILES string of the molecule is Cc1cn(C[C@@]2(C)[C@H](C(=O)[O-])N3C(=O)C[C@H]3S2(=O)=O)c[n+]1C. The first-order chi connectivity index (χ1) is 10.1. The number of imidazole rings is 1. The molecule has 9 heteroatoms. The number of carbonyl (C=O) groups is 2. The smallest absolute Gasteiger partial charge is 0.243 e. The molecule has 3 rings (SSSR count). The minimum Gasteiger partial charge on any atom is -0.548 e. The van der Waals surface area contributed by atoms with E-state index in [0.717, 1.165) is 10.6 Å². The number of nitrogens with zero attached hydrogens (tertiary/aromatic N) is 3. The van der Waals surface area contributed by atoms with Crippen LogP contribution >= 0.6 is 0 Å². The first-order valence-electron chi connectivity index (χ1n) is 6.87. The molecule has 1 amide bonds. The minimum atomic E-state index is -3.80. The number of fused-ring (bicyclic) bond motifs is 1. The predicted octanol–water partition coefficient (Wildman–Crippen LogP) is -2.51. The van der Waals surface area contributed by atoms with E-state index >= 15 is 0 Å². The minimum absolute atomic E-state index is 0.0457. The van der Waals surface area contributed by atoms with Gasteiger partial charge in [0.15, 0.2) is 9.84 Å². The van der Waals surface area contributed by atoms with Gasteiger partial charge >= 0.3 is 0 Å². The summed E-state index contributed by atoms with van der Waals surface area (Å²) in [6.07, 6.45) is 3.28. The fourth-order valence-electron chi connectivity index (χ4n) is 3.40. The van der Waals surface area contributed by atoms with Crippen LogP contribution in [0.2, 0.25) is 0 Å². The highest BCUT2D eigenvalue weighted by Crippen LogP contribution is 2.46. The molecule has 3 heterocycles. The molecular formula is C13H17N3O5S. The number of carboxylic acids is 1. The summed E-state index contributed by atoms with van der Waals surface area (Å²) >= 11 is 0. The average molecular weight is 327 g/mol. The van der Waals surface area contributed by atoms with Gasteiger partial charge in [-0.05, 0) is 6.92 Å². The van der Waals surface area contributed by atoms with Gasteiger partial charge in [0.1, 0.15) is 28.6 Å². The van der Waals surface area contributed by atoms with E-state index in [9.17, 15) is 23.1 Å². The van der Waals surface area contributed by atoms with Crippen LogP contribution in [-0.2, 0) is 33.0 Å². The van der Waals surface area contributed by atoms with Crippen molar-refractivity contribution in [1.82, 2.24) is 9.47 Å². The van der Waals surface area contributed by atoms with Crippen molar-refractivity contribution in [2.24, 2.45) is 7.05 Å². The molecule has 0 spiro atoms. The second-order valence-electron chi connectivity index (χ2n) is 6.21. The summed E-state index contributed by atoms with van der Waals surface area (Å²) in [5.41, 5.74) is 0.906. The molecular weight excluding hydrogens is 310 g/mol. The molecule has 0 aromatic carbocycles. The molecule has 2 fully saturated rings. The van der Waals surface area contributed by atoms with Gasteiger partial charge in [0.25, 0.3) is 0 Å². The fraction of sp³-hybridized carbons (Fsp3) is 0.615. The molecule has 0 radical (unpaired) electrons. The van der Waals surface area contributed by atoms with Gasteiger partial charge in [-0.1, -0.05) is 0 Å². The van der Waals surface area contributed by atoms with Gasteiger partial charge in [0.2, 0.25) is 12.2 Å². The number of carbonyl (C=O) groups excluding carboxylic acids is 2. The summed E-state index contributed by atoms with van der Waals surface area (Å²) in [5.74, 6) is -1.99. The molecule has 1 aromatic heterocycles. The van der Waals surface area contributed by atoms with Crippen LogP contribution in [-0.4, -0.2) is 45.9 Å². The molecule has 0 N–H and O–H groups in total. The number of aryl methyl sites for hydroxylation is 2. The molecule has 2 aliphatic rings. The lowest BCUT2D eigenvalue weighted by Crippen LogP contribution is -2.61. The first-order valence-corrected chi connectivity index (χ1v) is 8.41. The zero-order chi connectivity index (χ0) is 16.4. The third-order valence-electron chi connectivity index (χ3n) is 4.76. The Morgan fingerprint density at radius 3 is 2.64 bits per heavy atom. The predicted molar refractivity (Wildman–Crippen MR) is 71.7 cm³/mol. The Morgan fingerprint density at radius 2 is 2.18 bits per heavy atom. The summed E-state index contributed by atoms with van der Waals surface area (Å²) in [4.78, 5) is 24.1. The summed E-state index contributed by atoms with van der Waals surface area (Å²) in [6.45, 7) is 3.19. The second kappa shape index (κ2) is 4.31. The third-order valence-corrected chi connectivity index (χ3v) is 7.52. The number of hydrogen-bond donors (Lipinski definition) is 0. The monoisotopic (exact) mass is 327 g/mol. The van der Waals surface area contributed by atoms with Crippen molar-refractivity contribution in [1.29, 1.82) is 0 Å². The van der Waals surface area contributed by atoms with Crippen LogP contribution in [0.1, 0.15) is 19.0 Å². The molecule has 1 aromatic rings. The van der Waals surface area contributed by atoms with E-state index < -0.39 is 37.9 Å².